The Balaban J connectivity index is 1.97. The average molecular weight is 308 g/mol. The molecule has 18 heavy (non-hydrogen) atoms. The number of aromatic nitrogens is 2. The lowest BCUT2D eigenvalue weighted by atomic mass is 10.3. The molecule has 0 aliphatic rings. The summed E-state index contributed by atoms with van der Waals surface area (Å²) in [5, 5.41) is 3.27. The number of anilines is 1. The third-order valence-corrected chi connectivity index (χ3v) is 3.25. The highest BCUT2D eigenvalue weighted by atomic mass is 79.9. The Morgan fingerprint density at radius 1 is 1.39 bits per heavy atom. The molecule has 0 spiro atoms. The lowest BCUT2D eigenvalue weighted by molar-refractivity contribution is 0.676. The monoisotopic (exact) mass is 307 g/mol. The second kappa shape index (κ2) is 5.82. The van der Waals surface area contributed by atoms with E-state index < -0.39 is 0 Å². The Labute approximate surface area is 114 Å². The van der Waals surface area contributed by atoms with Gasteiger partial charge in [0.1, 0.15) is 0 Å². The van der Waals surface area contributed by atoms with Crippen molar-refractivity contribution in [3.05, 3.63) is 57.2 Å². The van der Waals surface area contributed by atoms with Crippen molar-refractivity contribution in [1.29, 1.82) is 0 Å². The zero-order chi connectivity index (χ0) is 13.0. The van der Waals surface area contributed by atoms with Crippen LogP contribution in [0.4, 0.5) is 5.69 Å². The molecule has 5 heteroatoms. The summed E-state index contributed by atoms with van der Waals surface area (Å²) in [6, 6.07) is 9.43. The van der Waals surface area contributed by atoms with E-state index in [1.165, 1.54) is 0 Å². The van der Waals surface area contributed by atoms with E-state index in [1.54, 1.807) is 17.0 Å². The number of nitrogens with zero attached hydrogens (tertiary/aromatic N) is 2. The summed E-state index contributed by atoms with van der Waals surface area (Å²) in [7, 11) is 0. The Morgan fingerprint density at radius 3 is 2.89 bits per heavy atom. The van der Waals surface area contributed by atoms with Gasteiger partial charge in [-0.05, 0) is 35.0 Å². The first-order chi connectivity index (χ1) is 8.66. The van der Waals surface area contributed by atoms with Gasteiger partial charge in [0.25, 0.3) is 5.56 Å². The largest absolute Gasteiger partial charge is 0.382 e. The van der Waals surface area contributed by atoms with Crippen LogP contribution in [0.15, 0.2) is 45.9 Å². The van der Waals surface area contributed by atoms with Crippen molar-refractivity contribution < 1.29 is 0 Å². The molecule has 0 radical (unpaired) electrons. The maximum absolute atomic E-state index is 11.6. The predicted molar refractivity (Wildman–Crippen MR) is 75.9 cm³/mol. The zero-order valence-electron chi connectivity index (χ0n) is 10.1. The first kappa shape index (κ1) is 12.8. The molecule has 0 fully saturated rings. The van der Waals surface area contributed by atoms with E-state index in [2.05, 4.69) is 26.2 Å². The molecule has 2 rings (SSSR count). The van der Waals surface area contributed by atoms with Crippen molar-refractivity contribution in [1.82, 2.24) is 9.55 Å². The minimum Gasteiger partial charge on any atom is -0.382 e. The number of para-hydroxylation sites is 1. The molecule has 0 saturated carbocycles. The van der Waals surface area contributed by atoms with Gasteiger partial charge in [-0.1, -0.05) is 12.1 Å². The highest BCUT2D eigenvalue weighted by molar-refractivity contribution is 9.10. The molecule has 0 bridgehead atoms. The van der Waals surface area contributed by atoms with Crippen molar-refractivity contribution >= 4 is 21.6 Å². The van der Waals surface area contributed by atoms with Gasteiger partial charge in [-0.25, -0.2) is 4.98 Å². The number of hydrogen-bond acceptors (Lipinski definition) is 3. The van der Waals surface area contributed by atoms with Crippen LogP contribution in [0.3, 0.4) is 0 Å². The van der Waals surface area contributed by atoms with Crippen molar-refractivity contribution in [3.8, 4) is 0 Å². The van der Waals surface area contributed by atoms with Crippen LogP contribution >= 0.6 is 15.9 Å². The summed E-state index contributed by atoms with van der Waals surface area (Å²) in [5.41, 5.74) is 1.75. The van der Waals surface area contributed by atoms with E-state index >= 15 is 0 Å². The van der Waals surface area contributed by atoms with Crippen molar-refractivity contribution in [3.63, 3.8) is 0 Å². The maximum Gasteiger partial charge on any atom is 0.253 e. The first-order valence-electron chi connectivity index (χ1n) is 5.68. The molecule has 0 unspecified atom stereocenters. The minimum absolute atomic E-state index is 0.0172. The lowest BCUT2D eigenvalue weighted by Gasteiger charge is -2.09. The first-order valence-corrected chi connectivity index (χ1v) is 6.47. The maximum atomic E-state index is 11.6. The SMILES string of the molecule is Cc1cc(=O)n(CCNc2ccccc2Br)cn1. The molecule has 0 aliphatic heterocycles. The third-order valence-electron chi connectivity index (χ3n) is 2.56. The third kappa shape index (κ3) is 3.20. The van der Waals surface area contributed by atoms with Crippen LogP contribution in [0.1, 0.15) is 5.69 Å². The van der Waals surface area contributed by atoms with E-state index in [9.17, 15) is 4.79 Å². The van der Waals surface area contributed by atoms with Gasteiger partial charge in [-0.15, -0.1) is 0 Å². The lowest BCUT2D eigenvalue weighted by Crippen LogP contribution is -2.23. The second-order valence-electron chi connectivity index (χ2n) is 3.97. The fourth-order valence-electron chi connectivity index (χ4n) is 1.60. The van der Waals surface area contributed by atoms with Crippen molar-refractivity contribution in [2.24, 2.45) is 0 Å². The van der Waals surface area contributed by atoms with Crippen molar-refractivity contribution in [2.45, 2.75) is 13.5 Å². The molecule has 1 aromatic carbocycles. The quantitative estimate of drug-likeness (QED) is 0.943. The van der Waals surface area contributed by atoms with E-state index in [1.807, 2.05) is 31.2 Å². The number of hydrogen-bond donors (Lipinski definition) is 1. The standard InChI is InChI=1S/C13H14BrN3O/c1-10-8-13(18)17(9-16-10)7-6-15-12-5-3-2-4-11(12)14/h2-5,8-9,15H,6-7H2,1H3. The van der Waals surface area contributed by atoms with E-state index in [0.717, 1.165) is 15.9 Å². The van der Waals surface area contributed by atoms with Crippen LogP contribution in [-0.2, 0) is 6.54 Å². The Morgan fingerprint density at radius 2 is 2.17 bits per heavy atom. The van der Waals surface area contributed by atoms with Gasteiger partial charge in [0, 0.05) is 35.0 Å². The Hall–Kier alpha value is -1.62. The molecule has 0 amide bonds. The molecule has 1 aromatic heterocycles. The molecule has 1 N–H and O–H groups in total. The van der Waals surface area contributed by atoms with Gasteiger partial charge in [-0.2, -0.15) is 0 Å². The van der Waals surface area contributed by atoms with Gasteiger partial charge < -0.3 is 5.32 Å². The molecule has 2 aromatic rings. The molecule has 0 saturated heterocycles. The van der Waals surface area contributed by atoms with Crippen LogP contribution < -0.4 is 10.9 Å². The van der Waals surface area contributed by atoms with Crippen LogP contribution in [0.5, 0.6) is 0 Å². The smallest absolute Gasteiger partial charge is 0.253 e. The Kier molecular flexibility index (Phi) is 4.15. The fraction of sp³-hybridized carbons (Fsp3) is 0.231. The minimum atomic E-state index is -0.0172. The topological polar surface area (TPSA) is 46.9 Å². The van der Waals surface area contributed by atoms with Gasteiger partial charge in [-0.3, -0.25) is 9.36 Å². The molecule has 94 valence electrons. The van der Waals surface area contributed by atoms with E-state index in [-0.39, 0.29) is 5.56 Å². The molecular formula is C13H14BrN3O. The van der Waals surface area contributed by atoms with Crippen LogP contribution in [0, 0.1) is 6.92 Å². The number of benzene rings is 1. The molecule has 4 nitrogen and oxygen atoms in total. The normalized spacial score (nSPS) is 10.3. The zero-order valence-corrected chi connectivity index (χ0v) is 11.6. The van der Waals surface area contributed by atoms with Gasteiger partial charge in [0.15, 0.2) is 0 Å². The highest BCUT2D eigenvalue weighted by Crippen LogP contribution is 2.20. The summed E-state index contributed by atoms with van der Waals surface area (Å²) in [6.45, 7) is 3.08. The van der Waals surface area contributed by atoms with Crippen LogP contribution in [0.25, 0.3) is 0 Å². The summed E-state index contributed by atoms with van der Waals surface area (Å²) in [4.78, 5) is 15.7. The van der Waals surface area contributed by atoms with Crippen molar-refractivity contribution in [2.75, 3.05) is 11.9 Å². The summed E-state index contributed by atoms with van der Waals surface area (Å²) >= 11 is 3.46. The summed E-state index contributed by atoms with van der Waals surface area (Å²) in [5.74, 6) is 0. The van der Waals surface area contributed by atoms with Gasteiger partial charge in [0.2, 0.25) is 0 Å². The van der Waals surface area contributed by atoms with Gasteiger partial charge in [0.05, 0.1) is 6.33 Å². The highest BCUT2D eigenvalue weighted by Gasteiger charge is 1.99. The predicted octanol–water partition coefficient (Wildman–Crippen LogP) is 2.43. The summed E-state index contributed by atoms with van der Waals surface area (Å²) < 4.78 is 2.61. The molecule has 0 aliphatic carbocycles. The molecular weight excluding hydrogens is 294 g/mol. The summed E-state index contributed by atoms with van der Waals surface area (Å²) in [6.07, 6.45) is 1.58. The number of aryl methyl sites for hydroxylation is 1. The van der Waals surface area contributed by atoms with E-state index in [4.69, 9.17) is 0 Å². The number of nitrogens with one attached hydrogen (secondary N) is 1. The number of halogens is 1. The van der Waals surface area contributed by atoms with Gasteiger partial charge >= 0.3 is 0 Å². The molecule has 1 heterocycles. The Bertz CT molecular complexity index is 595. The molecule has 0 atom stereocenters. The van der Waals surface area contributed by atoms with E-state index in [0.29, 0.717) is 13.1 Å². The number of rotatable bonds is 4. The average Bonchev–Trinajstić information content (AvgIpc) is 2.34. The van der Waals surface area contributed by atoms with Crippen LogP contribution in [-0.4, -0.2) is 16.1 Å². The fourth-order valence-corrected chi connectivity index (χ4v) is 2.03. The second-order valence-corrected chi connectivity index (χ2v) is 4.82. The van der Waals surface area contributed by atoms with Crippen LogP contribution in [0.2, 0.25) is 0 Å².